The van der Waals surface area contributed by atoms with Crippen molar-refractivity contribution in [3.63, 3.8) is 0 Å². The number of hydrogen-bond acceptors (Lipinski definition) is 2. The van der Waals surface area contributed by atoms with Gasteiger partial charge in [0, 0.05) is 23.7 Å². The van der Waals surface area contributed by atoms with Gasteiger partial charge in [0.15, 0.2) is 0 Å². The lowest BCUT2D eigenvalue weighted by molar-refractivity contribution is 0.222. The van der Waals surface area contributed by atoms with Crippen LogP contribution in [0.4, 0.5) is 0 Å². The predicted molar refractivity (Wildman–Crippen MR) is 134 cm³/mol. The molecule has 1 aliphatic rings. The SMILES string of the molecule is CCCCCCCCCCc1ccc(C=C2N=C(c3ccc[nH]3)C=C2OCCC)[nH]1.Cl. The molecule has 5 heteroatoms. The lowest BCUT2D eigenvalue weighted by Crippen LogP contribution is -1.95. The minimum absolute atomic E-state index is 0. The highest BCUT2D eigenvalue weighted by Crippen LogP contribution is 2.25. The van der Waals surface area contributed by atoms with Crippen molar-refractivity contribution in [2.24, 2.45) is 4.99 Å². The van der Waals surface area contributed by atoms with Crippen molar-refractivity contribution in [3.05, 3.63) is 65.1 Å². The molecular weight excluding hydrogens is 406 g/mol. The number of aryl methyl sites for hydroxylation is 1. The molecule has 0 atom stereocenters. The van der Waals surface area contributed by atoms with E-state index in [-0.39, 0.29) is 12.4 Å². The van der Waals surface area contributed by atoms with Crippen LogP contribution in [0.2, 0.25) is 0 Å². The quantitative estimate of drug-likeness (QED) is 0.290. The maximum absolute atomic E-state index is 5.95. The Kier molecular flexibility index (Phi) is 11.3. The van der Waals surface area contributed by atoms with Gasteiger partial charge < -0.3 is 14.7 Å². The number of ether oxygens (including phenoxy) is 1. The minimum Gasteiger partial charge on any atom is -0.491 e. The Morgan fingerprint density at radius 1 is 0.935 bits per heavy atom. The molecule has 2 aromatic heterocycles. The Morgan fingerprint density at radius 2 is 1.71 bits per heavy atom. The number of nitrogens with zero attached hydrogens (tertiary/aromatic N) is 1. The highest BCUT2D eigenvalue weighted by atomic mass is 35.5. The summed E-state index contributed by atoms with van der Waals surface area (Å²) in [5.74, 6) is 0.848. The minimum atomic E-state index is 0. The van der Waals surface area contributed by atoms with Crippen molar-refractivity contribution in [3.8, 4) is 0 Å². The van der Waals surface area contributed by atoms with Crippen LogP contribution in [0.25, 0.3) is 6.08 Å². The summed E-state index contributed by atoms with van der Waals surface area (Å²) in [7, 11) is 0. The highest BCUT2D eigenvalue weighted by Gasteiger charge is 2.18. The van der Waals surface area contributed by atoms with E-state index >= 15 is 0 Å². The maximum atomic E-state index is 5.95. The molecule has 4 nitrogen and oxygen atoms in total. The molecule has 2 N–H and O–H groups in total. The van der Waals surface area contributed by atoms with Crippen LogP contribution in [-0.2, 0) is 11.2 Å². The fraction of sp³-hybridized carbons (Fsp3) is 0.500. The van der Waals surface area contributed by atoms with Gasteiger partial charge in [-0.3, -0.25) is 0 Å². The Hall–Kier alpha value is -2.20. The number of hydrogen-bond donors (Lipinski definition) is 2. The van der Waals surface area contributed by atoms with Crippen molar-refractivity contribution in [1.29, 1.82) is 0 Å². The number of rotatable bonds is 14. The smallest absolute Gasteiger partial charge is 0.147 e. The van der Waals surface area contributed by atoms with Crippen LogP contribution in [-0.4, -0.2) is 22.3 Å². The molecule has 0 radical (unpaired) electrons. The molecule has 3 rings (SSSR count). The van der Waals surface area contributed by atoms with E-state index in [0.717, 1.165) is 41.4 Å². The zero-order valence-corrected chi connectivity index (χ0v) is 19.9. The first-order valence-corrected chi connectivity index (χ1v) is 11.8. The summed E-state index contributed by atoms with van der Waals surface area (Å²) in [6, 6.07) is 8.37. The lowest BCUT2D eigenvalue weighted by atomic mass is 10.1. The van der Waals surface area contributed by atoms with Gasteiger partial charge in [0.25, 0.3) is 0 Å². The summed E-state index contributed by atoms with van der Waals surface area (Å²) in [4.78, 5) is 11.6. The van der Waals surface area contributed by atoms with Crippen LogP contribution < -0.4 is 0 Å². The monoisotopic (exact) mass is 443 g/mol. The molecule has 0 aromatic carbocycles. The summed E-state index contributed by atoms with van der Waals surface area (Å²) in [5.41, 5.74) is 5.20. The first-order chi connectivity index (χ1) is 14.8. The summed E-state index contributed by atoms with van der Waals surface area (Å²) < 4.78 is 5.95. The van der Waals surface area contributed by atoms with Gasteiger partial charge in [-0.15, -0.1) is 12.4 Å². The third-order valence-corrected chi connectivity index (χ3v) is 5.46. The second kappa shape index (κ2) is 14.0. The number of aromatic nitrogens is 2. The Labute approximate surface area is 193 Å². The van der Waals surface area contributed by atoms with Gasteiger partial charge >= 0.3 is 0 Å². The number of allylic oxidation sites excluding steroid dienone is 1. The fourth-order valence-corrected chi connectivity index (χ4v) is 3.76. The first-order valence-electron chi connectivity index (χ1n) is 11.8. The molecule has 1 aliphatic heterocycles. The van der Waals surface area contributed by atoms with Gasteiger partial charge in [0.2, 0.25) is 0 Å². The normalized spacial score (nSPS) is 14.5. The number of aliphatic imine (C=N–C) groups is 1. The van der Waals surface area contributed by atoms with Crippen molar-refractivity contribution < 1.29 is 4.74 Å². The van der Waals surface area contributed by atoms with E-state index in [0.29, 0.717) is 6.61 Å². The molecule has 170 valence electrons. The predicted octanol–water partition coefficient (Wildman–Crippen LogP) is 7.60. The van der Waals surface area contributed by atoms with Gasteiger partial charge in [0.1, 0.15) is 11.5 Å². The van der Waals surface area contributed by atoms with Gasteiger partial charge in [-0.05, 0) is 49.6 Å². The molecule has 0 saturated heterocycles. The van der Waals surface area contributed by atoms with Gasteiger partial charge in [-0.1, -0.05) is 58.8 Å². The van der Waals surface area contributed by atoms with E-state index < -0.39 is 0 Å². The number of nitrogens with one attached hydrogen (secondary N) is 2. The first kappa shape index (κ1) is 25.1. The maximum Gasteiger partial charge on any atom is 0.147 e. The Balaban J connectivity index is 0.00000341. The second-order valence-corrected chi connectivity index (χ2v) is 8.13. The molecule has 0 bridgehead atoms. The van der Waals surface area contributed by atoms with Crippen molar-refractivity contribution in [2.75, 3.05) is 6.61 Å². The third kappa shape index (κ3) is 8.10. The fourth-order valence-electron chi connectivity index (χ4n) is 3.76. The second-order valence-electron chi connectivity index (χ2n) is 8.13. The van der Waals surface area contributed by atoms with Crippen molar-refractivity contribution >= 4 is 24.2 Å². The van der Waals surface area contributed by atoms with Gasteiger partial charge in [0.05, 0.1) is 18.0 Å². The van der Waals surface area contributed by atoms with E-state index in [9.17, 15) is 0 Å². The molecule has 0 saturated carbocycles. The Morgan fingerprint density at radius 3 is 2.42 bits per heavy atom. The molecular formula is C26H38ClN3O. The number of aromatic amines is 2. The standard InChI is InChI=1S/C26H37N3O.ClH/c1-3-5-6-7-8-9-10-11-13-21-15-16-22(28-21)19-25-26(30-18-4-2)20-24(29-25)23-14-12-17-27-23;/h12,14-17,19-20,27-28H,3-11,13,18H2,1-2H3;1H. The third-order valence-electron chi connectivity index (χ3n) is 5.46. The molecule has 0 spiro atoms. The zero-order chi connectivity index (χ0) is 21.0. The largest absolute Gasteiger partial charge is 0.491 e. The van der Waals surface area contributed by atoms with Crippen LogP contribution in [0, 0.1) is 0 Å². The van der Waals surface area contributed by atoms with E-state index in [4.69, 9.17) is 9.73 Å². The van der Waals surface area contributed by atoms with E-state index in [1.54, 1.807) is 0 Å². The molecule has 0 amide bonds. The van der Waals surface area contributed by atoms with E-state index in [2.05, 4.69) is 42.0 Å². The molecule has 3 heterocycles. The van der Waals surface area contributed by atoms with Gasteiger partial charge in [-0.2, -0.15) is 0 Å². The zero-order valence-electron chi connectivity index (χ0n) is 19.1. The summed E-state index contributed by atoms with van der Waals surface area (Å²) in [6.07, 6.45) is 19.0. The van der Waals surface area contributed by atoms with Crippen LogP contribution in [0.15, 0.2) is 53.0 Å². The van der Waals surface area contributed by atoms with E-state index in [1.165, 1.54) is 57.1 Å². The molecule has 0 aliphatic carbocycles. The Bertz CT molecular complexity index is 846. The number of halogens is 1. The summed E-state index contributed by atoms with van der Waals surface area (Å²) in [6.45, 7) is 5.09. The molecule has 31 heavy (non-hydrogen) atoms. The molecule has 2 aromatic rings. The summed E-state index contributed by atoms with van der Waals surface area (Å²) in [5, 5.41) is 0. The van der Waals surface area contributed by atoms with Crippen LogP contribution in [0.5, 0.6) is 0 Å². The van der Waals surface area contributed by atoms with Crippen LogP contribution in [0.3, 0.4) is 0 Å². The van der Waals surface area contributed by atoms with Crippen LogP contribution in [0.1, 0.15) is 88.7 Å². The van der Waals surface area contributed by atoms with Crippen LogP contribution >= 0.6 is 12.4 Å². The topological polar surface area (TPSA) is 53.2 Å². The molecule has 0 unspecified atom stereocenters. The molecule has 0 fully saturated rings. The van der Waals surface area contributed by atoms with Crippen molar-refractivity contribution in [2.45, 2.75) is 78.1 Å². The van der Waals surface area contributed by atoms with E-state index in [1.807, 2.05) is 24.4 Å². The average molecular weight is 444 g/mol. The average Bonchev–Trinajstić information content (AvgIpc) is 3.50. The highest BCUT2D eigenvalue weighted by molar-refractivity contribution is 6.11. The van der Waals surface area contributed by atoms with Crippen molar-refractivity contribution in [1.82, 2.24) is 9.97 Å². The summed E-state index contributed by atoms with van der Waals surface area (Å²) >= 11 is 0. The number of H-pyrrole nitrogens is 2. The number of unbranched alkanes of at least 4 members (excludes halogenated alkanes) is 7. The van der Waals surface area contributed by atoms with Gasteiger partial charge in [-0.25, -0.2) is 4.99 Å². The lowest BCUT2D eigenvalue weighted by Gasteiger charge is -2.05.